The fourth-order valence-corrected chi connectivity index (χ4v) is 4.39. The molecule has 0 aliphatic heterocycles. The number of likely N-dealkylation sites (N-methyl/N-ethyl adjacent to an activating group) is 1. The van der Waals surface area contributed by atoms with E-state index in [1.807, 2.05) is 19.1 Å². The Morgan fingerprint density at radius 3 is 2.26 bits per heavy atom. The van der Waals surface area contributed by atoms with E-state index in [2.05, 4.69) is 5.32 Å². The van der Waals surface area contributed by atoms with Crippen molar-refractivity contribution in [2.24, 2.45) is 0 Å². The molecule has 0 spiro atoms. The molecule has 0 bridgehead atoms. The van der Waals surface area contributed by atoms with Crippen LogP contribution in [0, 0.1) is 6.92 Å². The second-order valence-corrected chi connectivity index (χ2v) is 9.77. The monoisotopic (exact) mass is 499 g/mol. The third kappa shape index (κ3) is 6.96. The summed E-state index contributed by atoms with van der Waals surface area (Å²) in [6.07, 6.45) is -3.63. The molecule has 186 valence electrons. The first kappa shape index (κ1) is 27.2. The Balaban J connectivity index is 2.48. The van der Waals surface area contributed by atoms with Gasteiger partial charge in [-0.3, -0.25) is 13.9 Å². The van der Waals surface area contributed by atoms with Gasteiger partial charge in [-0.15, -0.1) is 0 Å². The molecule has 0 heterocycles. The van der Waals surface area contributed by atoms with Crippen LogP contribution in [0.1, 0.15) is 30.0 Å². The summed E-state index contributed by atoms with van der Waals surface area (Å²) in [5.74, 6) is -1.16. The summed E-state index contributed by atoms with van der Waals surface area (Å²) >= 11 is 0. The fourth-order valence-electron chi connectivity index (χ4n) is 3.54. The van der Waals surface area contributed by atoms with Gasteiger partial charge in [0.2, 0.25) is 21.8 Å². The third-order valence-electron chi connectivity index (χ3n) is 5.21. The quantitative estimate of drug-likeness (QED) is 0.574. The molecule has 7 nitrogen and oxygen atoms in total. The molecule has 0 aliphatic rings. The van der Waals surface area contributed by atoms with E-state index in [4.69, 9.17) is 0 Å². The largest absolute Gasteiger partial charge is 0.416 e. The van der Waals surface area contributed by atoms with Crippen molar-refractivity contribution < 1.29 is 31.2 Å². The topological polar surface area (TPSA) is 86.8 Å². The van der Waals surface area contributed by atoms with Crippen LogP contribution in [-0.2, 0) is 32.3 Å². The van der Waals surface area contributed by atoms with Gasteiger partial charge < -0.3 is 10.2 Å². The van der Waals surface area contributed by atoms with Crippen LogP contribution in [0.2, 0.25) is 0 Å². The first-order chi connectivity index (χ1) is 15.8. The lowest BCUT2D eigenvalue weighted by molar-refractivity contribution is -0.140. The number of carbonyl (C=O) groups is 2. The van der Waals surface area contributed by atoms with E-state index < -0.39 is 46.2 Å². The van der Waals surface area contributed by atoms with Gasteiger partial charge in [0.05, 0.1) is 17.5 Å². The first-order valence-electron chi connectivity index (χ1n) is 10.5. The summed E-state index contributed by atoms with van der Waals surface area (Å²) < 4.78 is 65.1. The molecule has 0 saturated carbocycles. The molecule has 11 heteroatoms. The van der Waals surface area contributed by atoms with Gasteiger partial charge in [-0.2, -0.15) is 13.2 Å². The van der Waals surface area contributed by atoms with E-state index in [-0.39, 0.29) is 18.7 Å². The second-order valence-electron chi connectivity index (χ2n) is 7.87. The van der Waals surface area contributed by atoms with Gasteiger partial charge in [-0.05, 0) is 37.1 Å². The predicted octanol–water partition coefficient (Wildman–Crippen LogP) is 3.33. The van der Waals surface area contributed by atoms with Crippen molar-refractivity contribution in [2.45, 2.75) is 39.0 Å². The van der Waals surface area contributed by atoms with Gasteiger partial charge >= 0.3 is 6.18 Å². The van der Waals surface area contributed by atoms with Crippen molar-refractivity contribution in [1.29, 1.82) is 0 Å². The molecule has 2 rings (SSSR count). The van der Waals surface area contributed by atoms with Gasteiger partial charge in [0.15, 0.2) is 0 Å². The third-order valence-corrected chi connectivity index (χ3v) is 6.35. The van der Waals surface area contributed by atoms with Crippen molar-refractivity contribution in [1.82, 2.24) is 10.2 Å². The number of hydrogen-bond acceptors (Lipinski definition) is 4. The van der Waals surface area contributed by atoms with Crippen LogP contribution < -0.4 is 9.62 Å². The maximum Gasteiger partial charge on any atom is 0.416 e. The highest BCUT2D eigenvalue weighted by atomic mass is 32.2. The molecule has 1 N–H and O–H groups in total. The minimum Gasteiger partial charge on any atom is -0.357 e. The molecule has 34 heavy (non-hydrogen) atoms. The smallest absolute Gasteiger partial charge is 0.357 e. The average molecular weight is 500 g/mol. The van der Waals surface area contributed by atoms with Gasteiger partial charge in [-0.1, -0.05) is 42.8 Å². The van der Waals surface area contributed by atoms with Gasteiger partial charge in [0.1, 0.15) is 12.6 Å². The number of halogens is 3. The van der Waals surface area contributed by atoms with E-state index in [1.165, 1.54) is 18.0 Å². The summed E-state index contributed by atoms with van der Waals surface area (Å²) in [5.41, 5.74) is 0.314. The number of nitrogens with one attached hydrogen (secondary N) is 1. The van der Waals surface area contributed by atoms with E-state index in [0.29, 0.717) is 10.4 Å². The van der Waals surface area contributed by atoms with Crippen LogP contribution in [0.3, 0.4) is 0 Å². The van der Waals surface area contributed by atoms with Gasteiger partial charge in [0.25, 0.3) is 0 Å². The van der Waals surface area contributed by atoms with E-state index >= 15 is 0 Å². The standard InChI is InChI=1S/C23H28F3N3O4S/c1-5-20(22(31)27-3)28(14-17-9-6-8-16(2)12-17)21(30)15-29(34(4,32)33)19-11-7-10-18(13-19)23(24,25)26/h6-13,20H,5,14-15H2,1-4H3,(H,27,31)/t20-/m0/s1. The van der Waals surface area contributed by atoms with Gasteiger partial charge in [-0.25, -0.2) is 8.42 Å². The number of rotatable bonds is 9. The molecule has 0 aromatic heterocycles. The van der Waals surface area contributed by atoms with Crippen molar-refractivity contribution in [3.63, 3.8) is 0 Å². The maximum absolute atomic E-state index is 13.4. The van der Waals surface area contributed by atoms with E-state index in [1.54, 1.807) is 19.1 Å². The number of alkyl halides is 3. The second kappa shape index (κ2) is 10.9. The van der Waals surface area contributed by atoms with Crippen molar-refractivity contribution in [3.05, 3.63) is 65.2 Å². The lowest BCUT2D eigenvalue weighted by Gasteiger charge is -2.32. The molecule has 2 aromatic rings. The van der Waals surface area contributed by atoms with Crippen LogP contribution >= 0.6 is 0 Å². The molecule has 0 aliphatic carbocycles. The summed E-state index contributed by atoms with van der Waals surface area (Å²) in [6.45, 7) is 2.83. The number of benzene rings is 2. The SMILES string of the molecule is CC[C@@H](C(=O)NC)N(Cc1cccc(C)c1)C(=O)CN(c1cccc(C(F)(F)F)c1)S(C)(=O)=O. The van der Waals surface area contributed by atoms with Crippen molar-refractivity contribution in [2.75, 3.05) is 24.2 Å². The molecule has 2 amide bonds. The zero-order valence-electron chi connectivity index (χ0n) is 19.4. The molecule has 1 atom stereocenters. The van der Waals surface area contributed by atoms with Crippen LogP contribution in [0.5, 0.6) is 0 Å². The Kier molecular flexibility index (Phi) is 8.71. The molecular formula is C23H28F3N3O4S. The van der Waals surface area contributed by atoms with Crippen LogP contribution in [0.4, 0.5) is 18.9 Å². The summed E-state index contributed by atoms with van der Waals surface area (Å²) in [6, 6.07) is 10.1. The summed E-state index contributed by atoms with van der Waals surface area (Å²) in [4.78, 5) is 27.1. The van der Waals surface area contributed by atoms with Crippen molar-refractivity contribution in [3.8, 4) is 0 Å². The number of amides is 2. The summed E-state index contributed by atoms with van der Waals surface area (Å²) in [7, 11) is -2.71. The number of sulfonamides is 1. The predicted molar refractivity (Wildman–Crippen MR) is 124 cm³/mol. The molecule has 2 aromatic carbocycles. The molecule has 0 fully saturated rings. The number of aryl methyl sites for hydroxylation is 1. The number of nitrogens with zero attached hydrogens (tertiary/aromatic N) is 2. The number of anilines is 1. The zero-order chi connectivity index (χ0) is 25.7. The Morgan fingerprint density at radius 1 is 1.09 bits per heavy atom. The number of carbonyl (C=O) groups excluding carboxylic acids is 2. The molecule has 0 unspecified atom stereocenters. The van der Waals surface area contributed by atoms with E-state index in [0.717, 1.165) is 29.5 Å². The van der Waals surface area contributed by atoms with E-state index in [9.17, 15) is 31.2 Å². The normalized spacial score (nSPS) is 12.7. The Hall–Kier alpha value is -3.08. The van der Waals surface area contributed by atoms with Crippen molar-refractivity contribution >= 4 is 27.5 Å². The first-order valence-corrected chi connectivity index (χ1v) is 12.3. The highest BCUT2D eigenvalue weighted by molar-refractivity contribution is 7.92. The Bertz CT molecular complexity index is 1140. The highest BCUT2D eigenvalue weighted by Gasteiger charge is 2.34. The Morgan fingerprint density at radius 2 is 1.74 bits per heavy atom. The van der Waals surface area contributed by atoms with Crippen LogP contribution in [-0.4, -0.2) is 51.0 Å². The van der Waals surface area contributed by atoms with Crippen LogP contribution in [0.25, 0.3) is 0 Å². The van der Waals surface area contributed by atoms with Gasteiger partial charge in [0, 0.05) is 13.6 Å². The highest BCUT2D eigenvalue weighted by Crippen LogP contribution is 2.32. The Labute approximate surface area is 197 Å². The lowest BCUT2D eigenvalue weighted by Crippen LogP contribution is -2.51. The van der Waals surface area contributed by atoms with Crippen LogP contribution in [0.15, 0.2) is 48.5 Å². The minimum atomic E-state index is -4.69. The lowest BCUT2D eigenvalue weighted by atomic mass is 10.1. The summed E-state index contributed by atoms with van der Waals surface area (Å²) in [5, 5.41) is 2.50. The molecular weight excluding hydrogens is 471 g/mol. The maximum atomic E-state index is 13.4. The zero-order valence-corrected chi connectivity index (χ0v) is 20.2. The fraction of sp³-hybridized carbons (Fsp3) is 0.391. The molecule has 0 radical (unpaired) electrons. The molecule has 0 saturated heterocycles. The number of hydrogen-bond donors (Lipinski definition) is 1. The minimum absolute atomic E-state index is 0.0205. The average Bonchev–Trinajstić information content (AvgIpc) is 2.75.